The van der Waals surface area contributed by atoms with Crippen LogP contribution in [0, 0.1) is 6.92 Å². The zero-order valence-electron chi connectivity index (χ0n) is 15.7. The molecule has 5 nitrogen and oxygen atoms in total. The number of hydrogen-bond acceptors (Lipinski definition) is 3. The number of piperazine rings is 1. The maximum Gasteiger partial charge on any atom is 0.188 e. The molecule has 6 heteroatoms. The monoisotopic (exact) mass is 459 g/mol. The highest BCUT2D eigenvalue weighted by Gasteiger charge is 2.16. The van der Waals surface area contributed by atoms with Crippen molar-refractivity contribution in [3.63, 3.8) is 0 Å². The van der Waals surface area contributed by atoms with Crippen LogP contribution in [0.2, 0.25) is 0 Å². The van der Waals surface area contributed by atoms with Gasteiger partial charge in [0, 0.05) is 45.0 Å². The summed E-state index contributed by atoms with van der Waals surface area (Å²) in [4.78, 5) is 9.31. The minimum absolute atomic E-state index is 0. The first kappa shape index (κ1) is 22.0. The van der Waals surface area contributed by atoms with E-state index in [9.17, 15) is 0 Å². The van der Waals surface area contributed by atoms with E-state index in [0.29, 0.717) is 5.96 Å². The molecule has 0 saturated carbocycles. The summed E-state index contributed by atoms with van der Waals surface area (Å²) in [5.41, 5.74) is 8.49. The normalized spacial score (nSPS) is 15.8. The molecule has 1 aromatic carbocycles. The Hall–Kier alpha value is -1.02. The number of unbranched alkanes of at least 4 members (excludes halogenated alkanes) is 1. The number of guanidine groups is 1. The number of hydrogen-bond donors (Lipinski definition) is 2. The first-order chi connectivity index (χ1) is 11.7. The number of aryl methyl sites for hydroxylation is 1. The topological polar surface area (TPSA) is 56.9 Å². The number of nitrogens with one attached hydrogen (secondary N) is 1. The van der Waals surface area contributed by atoms with Gasteiger partial charge in [-0.2, -0.15) is 0 Å². The first-order valence-corrected chi connectivity index (χ1v) is 9.27. The zero-order chi connectivity index (χ0) is 17.2. The van der Waals surface area contributed by atoms with Crippen LogP contribution < -0.4 is 16.0 Å². The predicted molar refractivity (Wildman–Crippen MR) is 119 cm³/mol. The van der Waals surface area contributed by atoms with Crippen LogP contribution in [0.25, 0.3) is 0 Å². The molecule has 0 spiro atoms. The fourth-order valence-corrected chi connectivity index (χ4v) is 3.02. The molecule has 2 rings (SSSR count). The lowest BCUT2D eigenvalue weighted by atomic mass is 10.2. The second-order valence-electron chi connectivity index (χ2n) is 6.57. The van der Waals surface area contributed by atoms with E-state index in [0.717, 1.165) is 52.1 Å². The van der Waals surface area contributed by atoms with Crippen LogP contribution in [0.5, 0.6) is 0 Å². The second-order valence-corrected chi connectivity index (χ2v) is 6.57. The largest absolute Gasteiger partial charge is 0.370 e. The highest BCUT2D eigenvalue weighted by Crippen LogP contribution is 2.17. The highest BCUT2D eigenvalue weighted by molar-refractivity contribution is 14.0. The van der Waals surface area contributed by atoms with Crippen LogP contribution in [0.4, 0.5) is 5.69 Å². The molecule has 0 bridgehead atoms. The molecule has 142 valence electrons. The third-order valence-electron chi connectivity index (χ3n) is 4.45. The van der Waals surface area contributed by atoms with E-state index in [1.807, 2.05) is 0 Å². The Kier molecular flexibility index (Phi) is 10.9. The van der Waals surface area contributed by atoms with Gasteiger partial charge in [0.1, 0.15) is 0 Å². The summed E-state index contributed by atoms with van der Waals surface area (Å²) < 4.78 is 0. The van der Waals surface area contributed by atoms with Crippen LogP contribution in [-0.2, 0) is 0 Å². The summed E-state index contributed by atoms with van der Waals surface area (Å²) in [7, 11) is 0. The van der Waals surface area contributed by atoms with Crippen molar-refractivity contribution >= 4 is 35.6 Å². The van der Waals surface area contributed by atoms with Crippen molar-refractivity contribution in [2.45, 2.75) is 33.1 Å². The van der Waals surface area contributed by atoms with Gasteiger partial charge in [-0.05, 0) is 50.4 Å². The number of aliphatic imine (C=N–C) groups is 1. The van der Waals surface area contributed by atoms with Crippen LogP contribution in [-0.4, -0.2) is 56.7 Å². The van der Waals surface area contributed by atoms with Crippen molar-refractivity contribution < 1.29 is 0 Å². The zero-order valence-corrected chi connectivity index (χ0v) is 18.0. The third-order valence-corrected chi connectivity index (χ3v) is 4.45. The van der Waals surface area contributed by atoms with Crippen LogP contribution in [0.15, 0.2) is 29.3 Å². The van der Waals surface area contributed by atoms with Gasteiger partial charge in [0.05, 0.1) is 0 Å². The fraction of sp³-hybridized carbons (Fsp3) is 0.632. The lowest BCUT2D eigenvalue weighted by Gasteiger charge is -2.36. The second kappa shape index (κ2) is 12.4. The Morgan fingerprint density at radius 2 is 1.96 bits per heavy atom. The maximum absolute atomic E-state index is 5.79. The Labute approximate surface area is 170 Å². The number of rotatable bonds is 8. The summed E-state index contributed by atoms with van der Waals surface area (Å²) >= 11 is 0. The number of anilines is 1. The lowest BCUT2D eigenvalue weighted by Crippen LogP contribution is -2.46. The smallest absolute Gasteiger partial charge is 0.188 e. The van der Waals surface area contributed by atoms with E-state index in [1.54, 1.807) is 0 Å². The Morgan fingerprint density at radius 1 is 1.20 bits per heavy atom. The van der Waals surface area contributed by atoms with Crippen molar-refractivity contribution in [3.05, 3.63) is 29.8 Å². The van der Waals surface area contributed by atoms with Crippen molar-refractivity contribution in [2.75, 3.05) is 50.7 Å². The molecule has 0 aromatic heterocycles. The minimum atomic E-state index is 0. The van der Waals surface area contributed by atoms with Gasteiger partial charge in [-0.3, -0.25) is 9.89 Å². The Balaban J connectivity index is 0.00000312. The summed E-state index contributed by atoms with van der Waals surface area (Å²) in [5.74, 6) is 0.587. The van der Waals surface area contributed by atoms with Crippen LogP contribution >= 0.6 is 24.0 Å². The quantitative estimate of drug-likeness (QED) is 0.272. The lowest BCUT2D eigenvalue weighted by molar-refractivity contribution is 0.253. The predicted octanol–water partition coefficient (Wildman–Crippen LogP) is 2.83. The molecule has 1 fully saturated rings. The van der Waals surface area contributed by atoms with Crippen LogP contribution in [0.1, 0.15) is 31.7 Å². The molecule has 0 aliphatic carbocycles. The molecule has 1 saturated heterocycles. The third kappa shape index (κ3) is 8.27. The average molecular weight is 459 g/mol. The molecule has 25 heavy (non-hydrogen) atoms. The number of halogens is 1. The Bertz CT molecular complexity index is 512. The summed E-state index contributed by atoms with van der Waals surface area (Å²) in [6.07, 6.45) is 3.38. The van der Waals surface area contributed by atoms with E-state index in [4.69, 9.17) is 5.73 Å². The van der Waals surface area contributed by atoms with Gasteiger partial charge in [0.15, 0.2) is 5.96 Å². The standard InChI is InChI=1S/C19H33N5.HI/c1-3-9-21-19(20)22-10-4-5-11-23-12-14-24(15-13-23)18-8-6-7-17(2)16-18;/h6-8,16H,3-5,9-15H2,1-2H3,(H3,20,21,22);1H. The number of nitrogens with two attached hydrogens (primary N) is 1. The first-order valence-electron chi connectivity index (χ1n) is 9.27. The molecule has 1 aliphatic heterocycles. The molecule has 0 atom stereocenters. The minimum Gasteiger partial charge on any atom is -0.370 e. The average Bonchev–Trinajstić information content (AvgIpc) is 2.60. The van der Waals surface area contributed by atoms with Gasteiger partial charge >= 0.3 is 0 Å². The van der Waals surface area contributed by atoms with E-state index >= 15 is 0 Å². The molecule has 3 N–H and O–H groups in total. The van der Waals surface area contributed by atoms with Gasteiger partial charge in [-0.15, -0.1) is 24.0 Å². The molecule has 0 amide bonds. The molecule has 1 aliphatic rings. The molecule has 0 unspecified atom stereocenters. The number of benzene rings is 1. The van der Waals surface area contributed by atoms with Gasteiger partial charge in [0.25, 0.3) is 0 Å². The number of nitrogens with zero attached hydrogens (tertiary/aromatic N) is 3. The van der Waals surface area contributed by atoms with Gasteiger partial charge < -0.3 is 16.0 Å². The van der Waals surface area contributed by atoms with Crippen LogP contribution in [0.3, 0.4) is 0 Å². The van der Waals surface area contributed by atoms with Gasteiger partial charge in [-0.25, -0.2) is 0 Å². The highest BCUT2D eigenvalue weighted by atomic mass is 127. The molecular formula is C19H34IN5. The van der Waals surface area contributed by atoms with E-state index in [2.05, 4.69) is 58.2 Å². The fourth-order valence-electron chi connectivity index (χ4n) is 3.02. The van der Waals surface area contributed by atoms with Crippen molar-refractivity contribution in [3.8, 4) is 0 Å². The molecule has 0 radical (unpaired) electrons. The van der Waals surface area contributed by atoms with E-state index in [-0.39, 0.29) is 24.0 Å². The maximum atomic E-state index is 5.79. The van der Waals surface area contributed by atoms with Gasteiger partial charge in [0.2, 0.25) is 0 Å². The molecule has 1 heterocycles. The Morgan fingerprint density at radius 3 is 2.64 bits per heavy atom. The van der Waals surface area contributed by atoms with Crippen molar-refractivity contribution in [1.29, 1.82) is 0 Å². The summed E-state index contributed by atoms with van der Waals surface area (Å²) in [6, 6.07) is 8.82. The van der Waals surface area contributed by atoms with Crippen molar-refractivity contribution in [1.82, 2.24) is 10.2 Å². The molecule has 1 aromatic rings. The SMILES string of the molecule is CCCN=C(N)NCCCCN1CCN(c2cccc(C)c2)CC1.I. The van der Waals surface area contributed by atoms with Gasteiger partial charge in [-0.1, -0.05) is 19.1 Å². The summed E-state index contributed by atoms with van der Waals surface area (Å²) in [5, 5.41) is 3.19. The summed E-state index contributed by atoms with van der Waals surface area (Å²) in [6.45, 7) is 11.7. The van der Waals surface area contributed by atoms with E-state index < -0.39 is 0 Å². The van der Waals surface area contributed by atoms with E-state index in [1.165, 1.54) is 24.2 Å². The van der Waals surface area contributed by atoms with Crippen molar-refractivity contribution in [2.24, 2.45) is 10.7 Å². The molecular weight excluding hydrogens is 425 g/mol.